The molecular weight excluding hydrogens is 248 g/mol. The molecule has 0 aromatic heterocycles. The number of methoxy groups -OCH3 is 1. The first-order chi connectivity index (χ1) is 9.76. The summed E-state index contributed by atoms with van der Waals surface area (Å²) < 4.78 is 5.15. The van der Waals surface area contributed by atoms with Crippen LogP contribution in [0.3, 0.4) is 0 Å². The minimum atomic E-state index is -0.310. The Labute approximate surface area is 119 Å². The van der Waals surface area contributed by atoms with Crippen molar-refractivity contribution in [2.75, 3.05) is 7.11 Å². The predicted octanol–water partition coefficient (Wildman–Crippen LogP) is 4.00. The lowest BCUT2D eigenvalue weighted by molar-refractivity contribution is 0.0789. The van der Waals surface area contributed by atoms with Crippen LogP contribution in [0.4, 0.5) is 0 Å². The van der Waals surface area contributed by atoms with Gasteiger partial charge in [0.2, 0.25) is 0 Å². The van der Waals surface area contributed by atoms with Crippen LogP contribution < -0.4 is 4.74 Å². The van der Waals surface area contributed by atoms with Crippen LogP contribution in [-0.4, -0.2) is 12.9 Å². The third-order valence-electron chi connectivity index (χ3n) is 4.32. The highest BCUT2D eigenvalue weighted by Gasteiger charge is 2.45. The Morgan fingerprint density at radius 1 is 1.00 bits per heavy atom. The minimum absolute atomic E-state index is 0.234. The number of rotatable bonds is 4. The number of carbonyl (C=O) groups is 1. The van der Waals surface area contributed by atoms with Crippen LogP contribution in [0.2, 0.25) is 0 Å². The molecule has 0 bridgehead atoms. The molecule has 102 valence electrons. The lowest BCUT2D eigenvalue weighted by atomic mass is 9.61. The van der Waals surface area contributed by atoms with Crippen LogP contribution in [0.15, 0.2) is 54.6 Å². The number of Topliss-reactive ketones (excluding diaryl/α,β-unsaturated/α-hetero) is 1. The largest absolute Gasteiger partial charge is 0.497 e. The fourth-order valence-corrected chi connectivity index (χ4v) is 2.95. The van der Waals surface area contributed by atoms with Crippen LogP contribution in [0.1, 0.15) is 35.2 Å². The predicted molar refractivity (Wildman–Crippen MR) is 79.3 cm³/mol. The maximum atomic E-state index is 12.9. The molecule has 0 aliphatic heterocycles. The summed E-state index contributed by atoms with van der Waals surface area (Å²) in [7, 11) is 1.63. The Morgan fingerprint density at radius 3 is 2.15 bits per heavy atom. The molecule has 1 saturated carbocycles. The lowest BCUT2D eigenvalue weighted by Crippen LogP contribution is -2.42. The van der Waals surface area contributed by atoms with Crippen molar-refractivity contribution < 1.29 is 9.53 Å². The SMILES string of the molecule is COc1ccc(C(=O)C2(c3ccccc3)CCC2)cc1. The topological polar surface area (TPSA) is 26.3 Å². The zero-order valence-electron chi connectivity index (χ0n) is 11.6. The molecule has 0 unspecified atom stereocenters. The van der Waals surface area contributed by atoms with Crippen LogP contribution in [0.5, 0.6) is 5.75 Å². The highest BCUT2D eigenvalue weighted by molar-refractivity contribution is 6.04. The summed E-state index contributed by atoms with van der Waals surface area (Å²) in [4.78, 5) is 12.9. The van der Waals surface area contributed by atoms with E-state index in [4.69, 9.17) is 4.74 Å². The van der Waals surface area contributed by atoms with Gasteiger partial charge in [0.05, 0.1) is 12.5 Å². The molecule has 3 rings (SSSR count). The minimum Gasteiger partial charge on any atom is -0.497 e. The van der Waals surface area contributed by atoms with Gasteiger partial charge in [-0.05, 0) is 42.7 Å². The average Bonchev–Trinajstić information content (AvgIpc) is 2.47. The number of benzene rings is 2. The van der Waals surface area contributed by atoms with E-state index in [2.05, 4.69) is 12.1 Å². The first-order valence-electron chi connectivity index (χ1n) is 7.01. The van der Waals surface area contributed by atoms with Gasteiger partial charge >= 0.3 is 0 Å². The van der Waals surface area contributed by atoms with Crippen molar-refractivity contribution >= 4 is 5.78 Å². The molecule has 0 spiro atoms. The normalized spacial score (nSPS) is 16.2. The van der Waals surface area contributed by atoms with Gasteiger partial charge < -0.3 is 4.74 Å². The summed E-state index contributed by atoms with van der Waals surface area (Å²) in [5, 5.41) is 0. The van der Waals surface area contributed by atoms with Gasteiger partial charge in [0.15, 0.2) is 5.78 Å². The molecule has 0 amide bonds. The quantitative estimate of drug-likeness (QED) is 0.782. The standard InChI is InChI=1S/C18H18O2/c1-20-16-10-8-14(9-11-16)17(19)18(12-5-13-18)15-6-3-2-4-7-15/h2-4,6-11H,5,12-13H2,1H3. The Balaban J connectivity index is 1.95. The Bertz CT molecular complexity index is 595. The van der Waals surface area contributed by atoms with Crippen molar-refractivity contribution in [1.82, 2.24) is 0 Å². The highest BCUT2D eigenvalue weighted by Crippen LogP contribution is 2.46. The van der Waals surface area contributed by atoms with Gasteiger partial charge in [-0.1, -0.05) is 36.8 Å². The molecule has 2 nitrogen and oxygen atoms in total. The third-order valence-corrected chi connectivity index (χ3v) is 4.32. The van der Waals surface area contributed by atoms with Gasteiger partial charge in [-0.2, -0.15) is 0 Å². The molecule has 0 saturated heterocycles. The molecule has 1 aliphatic rings. The van der Waals surface area contributed by atoms with Crippen LogP contribution >= 0.6 is 0 Å². The van der Waals surface area contributed by atoms with E-state index < -0.39 is 0 Å². The molecule has 1 fully saturated rings. The fraction of sp³-hybridized carbons (Fsp3) is 0.278. The molecule has 2 aromatic rings. The Hall–Kier alpha value is -2.09. The second-order valence-electron chi connectivity index (χ2n) is 5.36. The lowest BCUT2D eigenvalue weighted by Gasteiger charge is -2.41. The smallest absolute Gasteiger partial charge is 0.173 e. The van der Waals surface area contributed by atoms with E-state index >= 15 is 0 Å². The van der Waals surface area contributed by atoms with Gasteiger partial charge in [0.1, 0.15) is 5.75 Å². The van der Waals surface area contributed by atoms with E-state index in [0.29, 0.717) is 0 Å². The Morgan fingerprint density at radius 2 is 1.65 bits per heavy atom. The number of ketones is 1. The second-order valence-corrected chi connectivity index (χ2v) is 5.36. The van der Waals surface area contributed by atoms with Gasteiger partial charge in [0, 0.05) is 5.56 Å². The average molecular weight is 266 g/mol. The van der Waals surface area contributed by atoms with Crippen LogP contribution in [-0.2, 0) is 5.41 Å². The van der Waals surface area contributed by atoms with Gasteiger partial charge in [-0.3, -0.25) is 4.79 Å². The number of ether oxygens (including phenoxy) is 1. The monoisotopic (exact) mass is 266 g/mol. The van der Waals surface area contributed by atoms with Gasteiger partial charge in [0.25, 0.3) is 0 Å². The zero-order chi connectivity index (χ0) is 14.0. The molecule has 0 heterocycles. The van der Waals surface area contributed by atoms with E-state index in [0.717, 1.165) is 36.1 Å². The fourth-order valence-electron chi connectivity index (χ4n) is 2.95. The van der Waals surface area contributed by atoms with Crippen molar-refractivity contribution in [2.45, 2.75) is 24.7 Å². The van der Waals surface area contributed by atoms with Crippen molar-refractivity contribution in [3.63, 3.8) is 0 Å². The molecular formula is C18H18O2. The van der Waals surface area contributed by atoms with E-state index in [-0.39, 0.29) is 11.2 Å². The summed E-state index contributed by atoms with van der Waals surface area (Å²) in [6, 6.07) is 17.6. The number of hydrogen-bond acceptors (Lipinski definition) is 2. The van der Waals surface area contributed by atoms with E-state index in [1.807, 2.05) is 42.5 Å². The molecule has 0 N–H and O–H groups in total. The summed E-state index contributed by atoms with van der Waals surface area (Å²) in [6.07, 6.45) is 3.01. The summed E-state index contributed by atoms with van der Waals surface area (Å²) >= 11 is 0. The van der Waals surface area contributed by atoms with Gasteiger partial charge in [-0.15, -0.1) is 0 Å². The molecule has 0 atom stereocenters. The van der Waals surface area contributed by atoms with Crippen LogP contribution in [0.25, 0.3) is 0 Å². The summed E-state index contributed by atoms with van der Waals surface area (Å²) in [5.74, 6) is 1.02. The van der Waals surface area contributed by atoms with E-state index in [1.54, 1.807) is 7.11 Å². The van der Waals surface area contributed by atoms with Crippen molar-refractivity contribution in [3.8, 4) is 5.75 Å². The maximum absolute atomic E-state index is 12.9. The zero-order valence-corrected chi connectivity index (χ0v) is 11.6. The van der Waals surface area contributed by atoms with E-state index in [1.165, 1.54) is 0 Å². The second kappa shape index (κ2) is 5.12. The first-order valence-corrected chi connectivity index (χ1v) is 7.01. The molecule has 2 aromatic carbocycles. The molecule has 1 aliphatic carbocycles. The van der Waals surface area contributed by atoms with Crippen molar-refractivity contribution in [2.24, 2.45) is 0 Å². The Kier molecular flexibility index (Phi) is 3.31. The van der Waals surface area contributed by atoms with Gasteiger partial charge in [-0.25, -0.2) is 0 Å². The van der Waals surface area contributed by atoms with Crippen molar-refractivity contribution in [3.05, 3.63) is 65.7 Å². The summed E-state index contributed by atoms with van der Waals surface area (Å²) in [6.45, 7) is 0. The molecule has 2 heteroatoms. The van der Waals surface area contributed by atoms with Crippen LogP contribution in [0, 0.1) is 0 Å². The number of carbonyl (C=O) groups excluding carboxylic acids is 1. The highest BCUT2D eigenvalue weighted by atomic mass is 16.5. The maximum Gasteiger partial charge on any atom is 0.173 e. The number of hydrogen-bond donors (Lipinski definition) is 0. The van der Waals surface area contributed by atoms with E-state index in [9.17, 15) is 4.79 Å². The third kappa shape index (κ3) is 2.01. The molecule has 20 heavy (non-hydrogen) atoms. The molecule has 0 radical (unpaired) electrons. The first kappa shape index (κ1) is 12.9. The van der Waals surface area contributed by atoms with Crippen molar-refractivity contribution in [1.29, 1.82) is 0 Å². The summed E-state index contributed by atoms with van der Waals surface area (Å²) in [5.41, 5.74) is 1.61.